The number of rotatable bonds is 6. The van der Waals surface area contributed by atoms with Gasteiger partial charge in [0.2, 0.25) is 0 Å². The minimum atomic E-state index is -0.427. The molecule has 1 atom stereocenters. The van der Waals surface area contributed by atoms with Crippen molar-refractivity contribution in [3.05, 3.63) is 35.9 Å². The number of likely N-dealkylation sites (N-methyl/N-ethyl adjacent to an activating group) is 1. The molecule has 1 unspecified atom stereocenters. The Labute approximate surface area is 96.9 Å². The van der Waals surface area contributed by atoms with E-state index in [2.05, 4.69) is 5.32 Å². The highest BCUT2D eigenvalue weighted by Crippen LogP contribution is 2.00. The van der Waals surface area contributed by atoms with Gasteiger partial charge < -0.3 is 15.2 Å². The van der Waals surface area contributed by atoms with E-state index in [1.165, 1.54) is 0 Å². The van der Waals surface area contributed by atoms with Gasteiger partial charge in [0.1, 0.15) is 0 Å². The summed E-state index contributed by atoms with van der Waals surface area (Å²) in [5.74, 6) is 0. The summed E-state index contributed by atoms with van der Waals surface area (Å²) >= 11 is 0. The Morgan fingerprint density at radius 1 is 1.33 bits per heavy atom. The highest BCUT2D eigenvalue weighted by molar-refractivity contribution is 5.85. The summed E-state index contributed by atoms with van der Waals surface area (Å²) in [7, 11) is 1.81. The fourth-order valence-electron chi connectivity index (χ4n) is 1.18. The predicted octanol–water partition coefficient (Wildman–Crippen LogP) is 1.21. The van der Waals surface area contributed by atoms with E-state index < -0.39 is 6.10 Å². The third-order valence-corrected chi connectivity index (χ3v) is 1.86. The maximum atomic E-state index is 9.34. The highest BCUT2D eigenvalue weighted by Gasteiger charge is 2.01. The molecule has 0 aliphatic carbocycles. The van der Waals surface area contributed by atoms with E-state index in [0.29, 0.717) is 19.8 Å². The number of hydrogen-bond acceptors (Lipinski definition) is 3. The van der Waals surface area contributed by atoms with Crippen LogP contribution < -0.4 is 5.32 Å². The number of aliphatic hydroxyl groups excluding tert-OH is 1. The van der Waals surface area contributed by atoms with Crippen LogP contribution in [-0.4, -0.2) is 31.4 Å². The lowest BCUT2D eigenvalue weighted by molar-refractivity contribution is 0.0297. The lowest BCUT2D eigenvalue weighted by atomic mass is 10.2. The maximum Gasteiger partial charge on any atom is 0.0897 e. The van der Waals surface area contributed by atoms with Gasteiger partial charge in [0.15, 0.2) is 0 Å². The van der Waals surface area contributed by atoms with Crippen LogP contribution in [0.25, 0.3) is 0 Å². The smallest absolute Gasteiger partial charge is 0.0897 e. The molecule has 4 heteroatoms. The average molecular weight is 232 g/mol. The van der Waals surface area contributed by atoms with E-state index in [4.69, 9.17) is 4.74 Å². The SMILES string of the molecule is CNCC(O)COCc1ccccc1.Cl. The van der Waals surface area contributed by atoms with Crippen LogP contribution in [0.5, 0.6) is 0 Å². The topological polar surface area (TPSA) is 41.5 Å². The molecule has 1 aromatic rings. The van der Waals surface area contributed by atoms with Gasteiger partial charge >= 0.3 is 0 Å². The summed E-state index contributed by atoms with van der Waals surface area (Å²) in [6, 6.07) is 9.93. The zero-order valence-corrected chi connectivity index (χ0v) is 9.67. The van der Waals surface area contributed by atoms with Crippen molar-refractivity contribution in [2.24, 2.45) is 0 Å². The van der Waals surface area contributed by atoms with Crippen LogP contribution in [0.15, 0.2) is 30.3 Å². The molecule has 0 spiro atoms. The van der Waals surface area contributed by atoms with Gasteiger partial charge in [0.05, 0.1) is 19.3 Å². The van der Waals surface area contributed by atoms with Crippen LogP contribution in [0.4, 0.5) is 0 Å². The number of benzene rings is 1. The van der Waals surface area contributed by atoms with Crippen molar-refractivity contribution in [2.75, 3.05) is 20.2 Å². The molecule has 0 aliphatic rings. The van der Waals surface area contributed by atoms with Crippen molar-refractivity contribution in [3.8, 4) is 0 Å². The first kappa shape index (κ1) is 14.4. The molecule has 0 saturated carbocycles. The van der Waals surface area contributed by atoms with Crippen molar-refractivity contribution >= 4 is 12.4 Å². The Hall–Kier alpha value is -0.610. The van der Waals surface area contributed by atoms with E-state index in [1.807, 2.05) is 30.3 Å². The second kappa shape index (κ2) is 8.68. The Bertz CT molecular complexity index is 244. The molecule has 0 saturated heterocycles. The van der Waals surface area contributed by atoms with Gasteiger partial charge in [-0.15, -0.1) is 12.4 Å². The van der Waals surface area contributed by atoms with Gasteiger partial charge in [-0.05, 0) is 12.6 Å². The Morgan fingerprint density at radius 2 is 2.00 bits per heavy atom. The van der Waals surface area contributed by atoms with Crippen molar-refractivity contribution < 1.29 is 9.84 Å². The van der Waals surface area contributed by atoms with Gasteiger partial charge in [0.25, 0.3) is 0 Å². The van der Waals surface area contributed by atoms with Crippen molar-refractivity contribution in [3.63, 3.8) is 0 Å². The molecular weight excluding hydrogens is 214 g/mol. The minimum absolute atomic E-state index is 0. The molecule has 0 aliphatic heterocycles. The van der Waals surface area contributed by atoms with Gasteiger partial charge in [-0.1, -0.05) is 30.3 Å². The lowest BCUT2D eigenvalue weighted by Gasteiger charge is -2.10. The van der Waals surface area contributed by atoms with E-state index in [0.717, 1.165) is 5.56 Å². The molecule has 0 amide bonds. The van der Waals surface area contributed by atoms with Crippen LogP contribution in [0.3, 0.4) is 0 Å². The first-order valence-electron chi connectivity index (χ1n) is 4.77. The molecule has 2 N–H and O–H groups in total. The molecule has 15 heavy (non-hydrogen) atoms. The third-order valence-electron chi connectivity index (χ3n) is 1.86. The molecular formula is C11H18ClNO2. The first-order chi connectivity index (χ1) is 6.83. The minimum Gasteiger partial charge on any atom is -0.389 e. The van der Waals surface area contributed by atoms with Crippen molar-refractivity contribution in [2.45, 2.75) is 12.7 Å². The normalized spacial score (nSPS) is 11.9. The van der Waals surface area contributed by atoms with Gasteiger partial charge in [-0.2, -0.15) is 0 Å². The summed E-state index contributed by atoms with van der Waals surface area (Å²) in [4.78, 5) is 0. The molecule has 0 aromatic heterocycles. The van der Waals surface area contributed by atoms with Gasteiger partial charge in [0, 0.05) is 6.54 Å². The summed E-state index contributed by atoms with van der Waals surface area (Å²) in [6.07, 6.45) is -0.427. The maximum absolute atomic E-state index is 9.34. The zero-order valence-electron chi connectivity index (χ0n) is 8.85. The first-order valence-corrected chi connectivity index (χ1v) is 4.77. The zero-order chi connectivity index (χ0) is 10.2. The standard InChI is InChI=1S/C11H17NO2.ClH/c1-12-7-11(13)9-14-8-10-5-3-2-4-6-10;/h2-6,11-13H,7-9H2,1H3;1H. The average Bonchev–Trinajstić information content (AvgIpc) is 2.20. The van der Waals surface area contributed by atoms with Crippen LogP contribution in [0, 0.1) is 0 Å². The van der Waals surface area contributed by atoms with E-state index in [-0.39, 0.29) is 12.4 Å². The molecule has 1 aromatic carbocycles. The molecule has 86 valence electrons. The van der Waals surface area contributed by atoms with Gasteiger partial charge in [-0.3, -0.25) is 0 Å². The predicted molar refractivity (Wildman–Crippen MR) is 63.3 cm³/mol. The van der Waals surface area contributed by atoms with Crippen LogP contribution in [-0.2, 0) is 11.3 Å². The van der Waals surface area contributed by atoms with E-state index >= 15 is 0 Å². The van der Waals surface area contributed by atoms with Crippen LogP contribution >= 0.6 is 12.4 Å². The highest BCUT2D eigenvalue weighted by atomic mass is 35.5. The summed E-state index contributed by atoms with van der Waals surface area (Å²) in [6.45, 7) is 1.49. The molecule has 0 fully saturated rings. The molecule has 0 heterocycles. The number of nitrogens with one attached hydrogen (secondary N) is 1. The Kier molecular flexibility index (Phi) is 8.33. The number of aliphatic hydroxyl groups is 1. The van der Waals surface area contributed by atoms with E-state index in [1.54, 1.807) is 7.05 Å². The molecule has 0 radical (unpaired) electrons. The van der Waals surface area contributed by atoms with Crippen molar-refractivity contribution in [1.82, 2.24) is 5.32 Å². The monoisotopic (exact) mass is 231 g/mol. The largest absolute Gasteiger partial charge is 0.389 e. The van der Waals surface area contributed by atoms with E-state index in [9.17, 15) is 5.11 Å². The Balaban J connectivity index is 0.00000196. The quantitative estimate of drug-likeness (QED) is 0.773. The number of hydrogen-bond donors (Lipinski definition) is 2. The number of halogens is 1. The lowest BCUT2D eigenvalue weighted by Crippen LogP contribution is -2.27. The fraction of sp³-hybridized carbons (Fsp3) is 0.455. The van der Waals surface area contributed by atoms with Crippen LogP contribution in [0.1, 0.15) is 5.56 Å². The van der Waals surface area contributed by atoms with Gasteiger partial charge in [-0.25, -0.2) is 0 Å². The summed E-state index contributed by atoms with van der Waals surface area (Å²) in [5, 5.41) is 12.2. The molecule has 0 bridgehead atoms. The summed E-state index contributed by atoms with van der Waals surface area (Å²) < 4.78 is 5.34. The molecule has 1 rings (SSSR count). The summed E-state index contributed by atoms with van der Waals surface area (Å²) in [5.41, 5.74) is 1.13. The molecule has 3 nitrogen and oxygen atoms in total. The van der Waals surface area contributed by atoms with Crippen LogP contribution in [0.2, 0.25) is 0 Å². The Morgan fingerprint density at radius 3 is 2.60 bits per heavy atom. The van der Waals surface area contributed by atoms with Crippen molar-refractivity contribution in [1.29, 1.82) is 0 Å². The second-order valence-corrected chi connectivity index (χ2v) is 3.21. The fourth-order valence-corrected chi connectivity index (χ4v) is 1.18. The number of ether oxygens (including phenoxy) is 1. The third kappa shape index (κ3) is 6.47. The second-order valence-electron chi connectivity index (χ2n) is 3.21.